The molecule has 2 aromatic rings. The Kier molecular flexibility index (Phi) is 5.09. The van der Waals surface area contributed by atoms with Crippen LogP contribution in [0.2, 0.25) is 5.02 Å². The Balaban J connectivity index is 2.11. The van der Waals surface area contributed by atoms with Gasteiger partial charge < -0.3 is 10.5 Å². The molecule has 0 aliphatic heterocycles. The number of ether oxygens (including phenoxy) is 1. The summed E-state index contributed by atoms with van der Waals surface area (Å²) in [6.45, 7) is 1.44. The summed E-state index contributed by atoms with van der Waals surface area (Å²) in [6.07, 6.45) is -0.922. The lowest BCUT2D eigenvalue weighted by atomic mass is 10.1. The second-order valence-corrected chi connectivity index (χ2v) is 5.84. The molecule has 1 atom stereocenters. The summed E-state index contributed by atoms with van der Waals surface area (Å²) in [7, 11) is 0. The van der Waals surface area contributed by atoms with Crippen LogP contribution in [0.1, 0.15) is 6.92 Å². The van der Waals surface area contributed by atoms with Gasteiger partial charge in [0.1, 0.15) is 0 Å². The molecular weight excluding hydrogens is 310 g/mol. The highest BCUT2D eigenvalue weighted by molar-refractivity contribution is 8.00. The number of nitrogens with two attached hydrogens (primary N) is 1. The standard InChI is InChI=1S/C15H14ClNO3S/c1-9(15(17)19)20-13(18)8-21-12-7-3-5-10-4-2-6-11(16)14(10)12/h2-7,9H,8H2,1H3,(H2,17,19)/t9-/m1/s1. The number of esters is 1. The maximum atomic E-state index is 11.7. The van der Waals surface area contributed by atoms with E-state index in [1.165, 1.54) is 18.7 Å². The molecule has 6 heteroatoms. The van der Waals surface area contributed by atoms with E-state index in [1.807, 2.05) is 30.3 Å². The van der Waals surface area contributed by atoms with Gasteiger partial charge in [-0.25, -0.2) is 0 Å². The number of halogens is 1. The van der Waals surface area contributed by atoms with Crippen LogP contribution in [0.25, 0.3) is 10.8 Å². The van der Waals surface area contributed by atoms with Gasteiger partial charge in [0.25, 0.3) is 5.91 Å². The topological polar surface area (TPSA) is 69.4 Å². The van der Waals surface area contributed by atoms with Gasteiger partial charge in [-0.15, -0.1) is 11.8 Å². The molecule has 0 heterocycles. The SMILES string of the molecule is C[C@@H](OC(=O)CSc1cccc2cccc(Cl)c12)C(N)=O. The first-order valence-corrected chi connectivity index (χ1v) is 7.64. The number of carbonyl (C=O) groups excluding carboxylic acids is 2. The van der Waals surface area contributed by atoms with Gasteiger partial charge in [-0.1, -0.05) is 35.9 Å². The van der Waals surface area contributed by atoms with E-state index in [4.69, 9.17) is 22.1 Å². The predicted molar refractivity (Wildman–Crippen MR) is 84.4 cm³/mol. The molecule has 4 nitrogen and oxygen atoms in total. The van der Waals surface area contributed by atoms with Crippen LogP contribution in [0.15, 0.2) is 41.3 Å². The quantitative estimate of drug-likeness (QED) is 0.678. The highest BCUT2D eigenvalue weighted by Gasteiger charge is 2.15. The van der Waals surface area contributed by atoms with Crippen molar-refractivity contribution in [3.63, 3.8) is 0 Å². The number of benzene rings is 2. The lowest BCUT2D eigenvalue weighted by Crippen LogP contribution is -2.31. The molecule has 0 unspecified atom stereocenters. The molecule has 1 amide bonds. The fourth-order valence-corrected chi connectivity index (χ4v) is 3.04. The molecule has 0 aliphatic carbocycles. The Bertz CT molecular complexity index is 684. The van der Waals surface area contributed by atoms with Crippen LogP contribution in [0, 0.1) is 0 Å². The fourth-order valence-electron chi connectivity index (χ4n) is 1.81. The van der Waals surface area contributed by atoms with Crippen molar-refractivity contribution in [2.45, 2.75) is 17.9 Å². The third kappa shape index (κ3) is 3.89. The summed E-state index contributed by atoms with van der Waals surface area (Å²) in [4.78, 5) is 23.4. The van der Waals surface area contributed by atoms with Crippen LogP contribution in [0.5, 0.6) is 0 Å². The molecule has 2 aromatic carbocycles. The van der Waals surface area contributed by atoms with Crippen molar-refractivity contribution < 1.29 is 14.3 Å². The lowest BCUT2D eigenvalue weighted by Gasteiger charge is -2.10. The first-order valence-electron chi connectivity index (χ1n) is 6.28. The number of fused-ring (bicyclic) bond motifs is 1. The number of hydrogen-bond donors (Lipinski definition) is 1. The van der Waals surface area contributed by atoms with Crippen LogP contribution in [0.3, 0.4) is 0 Å². The van der Waals surface area contributed by atoms with Crippen molar-refractivity contribution >= 4 is 46.0 Å². The van der Waals surface area contributed by atoms with Crippen LogP contribution in [-0.2, 0) is 14.3 Å². The first-order chi connectivity index (χ1) is 9.99. The van der Waals surface area contributed by atoms with Gasteiger partial charge in [-0.05, 0) is 24.4 Å². The minimum Gasteiger partial charge on any atom is -0.452 e. The van der Waals surface area contributed by atoms with E-state index in [2.05, 4.69) is 0 Å². The van der Waals surface area contributed by atoms with Gasteiger partial charge >= 0.3 is 5.97 Å². The van der Waals surface area contributed by atoms with Crippen molar-refractivity contribution in [1.82, 2.24) is 0 Å². The molecule has 0 saturated heterocycles. The molecule has 0 saturated carbocycles. The molecule has 0 spiro atoms. The minimum absolute atomic E-state index is 0.0853. The van der Waals surface area contributed by atoms with E-state index in [0.29, 0.717) is 5.02 Å². The van der Waals surface area contributed by atoms with Crippen LogP contribution in [0.4, 0.5) is 0 Å². The van der Waals surface area contributed by atoms with Crippen molar-refractivity contribution in [3.8, 4) is 0 Å². The van der Waals surface area contributed by atoms with E-state index in [9.17, 15) is 9.59 Å². The zero-order chi connectivity index (χ0) is 15.4. The van der Waals surface area contributed by atoms with Gasteiger partial charge in [0, 0.05) is 15.3 Å². The normalized spacial score (nSPS) is 12.1. The van der Waals surface area contributed by atoms with Crippen molar-refractivity contribution in [3.05, 3.63) is 41.4 Å². The van der Waals surface area contributed by atoms with Crippen LogP contribution >= 0.6 is 23.4 Å². The molecule has 0 fully saturated rings. The molecule has 2 rings (SSSR count). The number of carbonyl (C=O) groups is 2. The molecule has 21 heavy (non-hydrogen) atoms. The van der Waals surface area contributed by atoms with Gasteiger partial charge in [0.15, 0.2) is 6.10 Å². The summed E-state index contributed by atoms with van der Waals surface area (Å²) >= 11 is 7.53. The maximum absolute atomic E-state index is 11.7. The molecule has 0 radical (unpaired) electrons. The monoisotopic (exact) mass is 323 g/mol. The number of hydrogen-bond acceptors (Lipinski definition) is 4. The Labute approximate surface area is 131 Å². The van der Waals surface area contributed by atoms with Gasteiger partial charge in [0.05, 0.1) is 5.75 Å². The molecular formula is C15H14ClNO3S. The zero-order valence-electron chi connectivity index (χ0n) is 11.3. The Morgan fingerprint density at radius 3 is 2.62 bits per heavy atom. The highest BCUT2D eigenvalue weighted by atomic mass is 35.5. The Morgan fingerprint density at radius 2 is 1.95 bits per heavy atom. The second-order valence-electron chi connectivity index (χ2n) is 4.42. The van der Waals surface area contributed by atoms with E-state index in [0.717, 1.165) is 15.7 Å². The highest BCUT2D eigenvalue weighted by Crippen LogP contribution is 2.33. The van der Waals surface area contributed by atoms with Gasteiger partial charge in [-0.2, -0.15) is 0 Å². The van der Waals surface area contributed by atoms with Crippen LogP contribution < -0.4 is 5.73 Å². The third-order valence-corrected chi connectivity index (χ3v) is 4.22. The van der Waals surface area contributed by atoms with E-state index in [1.54, 1.807) is 6.07 Å². The largest absolute Gasteiger partial charge is 0.452 e. The lowest BCUT2D eigenvalue weighted by molar-refractivity contribution is -0.151. The Morgan fingerprint density at radius 1 is 1.29 bits per heavy atom. The average Bonchev–Trinajstić information content (AvgIpc) is 2.45. The van der Waals surface area contributed by atoms with E-state index in [-0.39, 0.29) is 5.75 Å². The zero-order valence-corrected chi connectivity index (χ0v) is 12.9. The fraction of sp³-hybridized carbons (Fsp3) is 0.200. The van der Waals surface area contributed by atoms with Crippen LogP contribution in [-0.4, -0.2) is 23.7 Å². The predicted octanol–water partition coefficient (Wildman–Crippen LogP) is 3.00. The summed E-state index contributed by atoms with van der Waals surface area (Å²) in [5.74, 6) is -1.07. The maximum Gasteiger partial charge on any atom is 0.317 e. The summed E-state index contributed by atoms with van der Waals surface area (Å²) in [5, 5.41) is 2.54. The number of amides is 1. The molecule has 110 valence electrons. The summed E-state index contributed by atoms with van der Waals surface area (Å²) < 4.78 is 4.91. The minimum atomic E-state index is -0.922. The second kappa shape index (κ2) is 6.83. The first kappa shape index (κ1) is 15.7. The molecule has 2 N–H and O–H groups in total. The van der Waals surface area contributed by atoms with Crippen molar-refractivity contribution in [2.24, 2.45) is 5.73 Å². The number of rotatable bonds is 5. The number of primary amides is 1. The molecule has 0 bridgehead atoms. The van der Waals surface area contributed by atoms with E-state index >= 15 is 0 Å². The number of thioether (sulfide) groups is 1. The van der Waals surface area contributed by atoms with Gasteiger partial charge in [0.2, 0.25) is 0 Å². The van der Waals surface area contributed by atoms with Crippen molar-refractivity contribution in [1.29, 1.82) is 0 Å². The summed E-state index contributed by atoms with van der Waals surface area (Å²) in [5.41, 5.74) is 5.05. The summed E-state index contributed by atoms with van der Waals surface area (Å²) in [6, 6.07) is 11.4. The molecule has 0 aliphatic rings. The van der Waals surface area contributed by atoms with E-state index < -0.39 is 18.0 Å². The Hall–Kier alpha value is -1.72. The molecule has 0 aromatic heterocycles. The van der Waals surface area contributed by atoms with Crippen molar-refractivity contribution in [2.75, 3.05) is 5.75 Å². The smallest absolute Gasteiger partial charge is 0.317 e. The third-order valence-electron chi connectivity index (χ3n) is 2.87. The van der Waals surface area contributed by atoms with Gasteiger partial charge in [-0.3, -0.25) is 9.59 Å². The average molecular weight is 324 g/mol.